The van der Waals surface area contributed by atoms with Gasteiger partial charge in [0.05, 0.1) is 0 Å². The third-order valence-corrected chi connectivity index (χ3v) is 4.21. The van der Waals surface area contributed by atoms with Crippen molar-refractivity contribution in [2.75, 3.05) is 13.1 Å². The van der Waals surface area contributed by atoms with E-state index in [2.05, 4.69) is 37.1 Å². The van der Waals surface area contributed by atoms with Crippen molar-refractivity contribution in [1.29, 1.82) is 0 Å². The van der Waals surface area contributed by atoms with Crippen molar-refractivity contribution >= 4 is 0 Å². The van der Waals surface area contributed by atoms with Crippen LogP contribution in [0.15, 0.2) is 18.2 Å². The van der Waals surface area contributed by atoms with E-state index in [1.807, 2.05) is 12.1 Å². The van der Waals surface area contributed by atoms with Gasteiger partial charge in [0.15, 0.2) is 0 Å². The Labute approximate surface area is 123 Å². The summed E-state index contributed by atoms with van der Waals surface area (Å²) in [5, 5.41) is 13.6. The van der Waals surface area contributed by atoms with Crippen LogP contribution in [0.3, 0.4) is 0 Å². The number of nitrogens with one attached hydrogen (secondary N) is 1. The smallest absolute Gasteiger partial charge is 0.120 e. The Morgan fingerprint density at radius 1 is 1.35 bits per heavy atom. The molecule has 0 aromatic heterocycles. The summed E-state index contributed by atoms with van der Waals surface area (Å²) in [6.45, 7) is 9.57. The number of piperidine rings is 1. The molecule has 3 heteroatoms. The quantitative estimate of drug-likeness (QED) is 0.867. The van der Waals surface area contributed by atoms with E-state index in [1.54, 1.807) is 0 Å². The van der Waals surface area contributed by atoms with Crippen molar-refractivity contribution in [3.63, 3.8) is 0 Å². The normalized spacial score (nSPS) is 19.8. The van der Waals surface area contributed by atoms with E-state index >= 15 is 0 Å². The standard InChI is InChI=1S/C17H28N2O/c1-13(2)19(12-16-6-4-5-9-18-16)11-15-10-14(3)7-8-17(15)20/h7-8,10,13,16,18,20H,4-6,9,11-12H2,1-3H3. The molecule has 1 aromatic rings. The number of phenols is 1. The van der Waals surface area contributed by atoms with Crippen LogP contribution in [-0.4, -0.2) is 35.2 Å². The Morgan fingerprint density at radius 2 is 2.15 bits per heavy atom. The number of phenolic OH excluding ortho intramolecular Hbond substituents is 1. The minimum atomic E-state index is 0.415. The van der Waals surface area contributed by atoms with Gasteiger partial charge in [-0.25, -0.2) is 0 Å². The average Bonchev–Trinajstić information content (AvgIpc) is 2.43. The van der Waals surface area contributed by atoms with E-state index in [-0.39, 0.29) is 0 Å². The maximum atomic E-state index is 10.0. The van der Waals surface area contributed by atoms with E-state index < -0.39 is 0 Å². The van der Waals surface area contributed by atoms with E-state index in [9.17, 15) is 5.11 Å². The number of benzene rings is 1. The zero-order chi connectivity index (χ0) is 14.5. The Hall–Kier alpha value is -1.06. The third-order valence-electron chi connectivity index (χ3n) is 4.21. The fourth-order valence-corrected chi connectivity index (χ4v) is 2.88. The van der Waals surface area contributed by atoms with Crippen molar-refractivity contribution < 1.29 is 5.11 Å². The molecule has 0 aliphatic carbocycles. The molecule has 2 N–H and O–H groups in total. The number of hydrogen-bond donors (Lipinski definition) is 2. The van der Waals surface area contributed by atoms with Crippen LogP contribution in [0.25, 0.3) is 0 Å². The van der Waals surface area contributed by atoms with Crippen molar-refractivity contribution in [3.05, 3.63) is 29.3 Å². The first kappa shape index (κ1) is 15.3. The fourth-order valence-electron chi connectivity index (χ4n) is 2.88. The molecular weight excluding hydrogens is 248 g/mol. The van der Waals surface area contributed by atoms with E-state index in [0.717, 1.165) is 25.2 Å². The van der Waals surface area contributed by atoms with Crippen LogP contribution in [0.1, 0.15) is 44.2 Å². The van der Waals surface area contributed by atoms with Crippen LogP contribution in [0.4, 0.5) is 0 Å². The predicted molar refractivity (Wildman–Crippen MR) is 84.0 cm³/mol. The van der Waals surface area contributed by atoms with Crippen LogP contribution >= 0.6 is 0 Å². The van der Waals surface area contributed by atoms with Gasteiger partial charge in [0, 0.05) is 30.7 Å². The number of nitrogens with zero attached hydrogens (tertiary/aromatic N) is 1. The van der Waals surface area contributed by atoms with Crippen molar-refractivity contribution in [2.24, 2.45) is 0 Å². The van der Waals surface area contributed by atoms with Gasteiger partial charge in [-0.3, -0.25) is 4.90 Å². The van der Waals surface area contributed by atoms with Gasteiger partial charge in [-0.2, -0.15) is 0 Å². The lowest BCUT2D eigenvalue weighted by molar-refractivity contribution is 0.175. The Morgan fingerprint density at radius 3 is 2.80 bits per heavy atom. The molecular formula is C17H28N2O. The first-order valence-corrected chi connectivity index (χ1v) is 7.82. The van der Waals surface area contributed by atoms with Gasteiger partial charge in [0.2, 0.25) is 0 Å². The number of hydrogen-bond acceptors (Lipinski definition) is 3. The summed E-state index contributed by atoms with van der Waals surface area (Å²) in [6, 6.07) is 6.94. The van der Waals surface area contributed by atoms with Gasteiger partial charge < -0.3 is 10.4 Å². The second-order valence-corrected chi connectivity index (χ2v) is 6.30. The first-order valence-electron chi connectivity index (χ1n) is 7.82. The molecule has 2 rings (SSSR count). The molecule has 1 aliphatic heterocycles. The topological polar surface area (TPSA) is 35.5 Å². The average molecular weight is 276 g/mol. The van der Waals surface area contributed by atoms with Crippen LogP contribution in [0, 0.1) is 6.92 Å². The SMILES string of the molecule is Cc1ccc(O)c(CN(CC2CCCCN2)C(C)C)c1. The van der Waals surface area contributed by atoms with Crippen LogP contribution in [0.5, 0.6) is 5.75 Å². The summed E-state index contributed by atoms with van der Waals surface area (Å²) in [6.07, 6.45) is 3.90. The summed E-state index contributed by atoms with van der Waals surface area (Å²) in [5.74, 6) is 0.415. The maximum Gasteiger partial charge on any atom is 0.120 e. The molecule has 1 aliphatic rings. The Bertz CT molecular complexity index is 425. The highest BCUT2D eigenvalue weighted by molar-refractivity contribution is 5.35. The van der Waals surface area contributed by atoms with E-state index in [4.69, 9.17) is 0 Å². The number of aromatic hydroxyl groups is 1. The zero-order valence-corrected chi connectivity index (χ0v) is 13.0. The third kappa shape index (κ3) is 4.22. The van der Waals surface area contributed by atoms with Crippen molar-refractivity contribution in [2.45, 2.75) is 58.7 Å². The highest BCUT2D eigenvalue weighted by Crippen LogP contribution is 2.22. The molecule has 1 heterocycles. The lowest BCUT2D eigenvalue weighted by atomic mass is 10.0. The van der Waals surface area contributed by atoms with E-state index in [0.29, 0.717) is 17.8 Å². The van der Waals surface area contributed by atoms with Crippen LogP contribution < -0.4 is 5.32 Å². The highest BCUT2D eigenvalue weighted by Gasteiger charge is 2.19. The van der Waals surface area contributed by atoms with Gasteiger partial charge in [0.25, 0.3) is 0 Å². The second kappa shape index (κ2) is 7.09. The molecule has 0 saturated carbocycles. The number of aryl methyl sites for hydroxylation is 1. The van der Waals surface area contributed by atoms with Gasteiger partial charge >= 0.3 is 0 Å². The fraction of sp³-hybridized carbons (Fsp3) is 0.647. The summed E-state index contributed by atoms with van der Waals surface area (Å²) in [5.41, 5.74) is 2.24. The zero-order valence-electron chi connectivity index (χ0n) is 13.0. The molecule has 20 heavy (non-hydrogen) atoms. The van der Waals surface area contributed by atoms with Crippen LogP contribution in [-0.2, 0) is 6.54 Å². The van der Waals surface area contributed by atoms with E-state index in [1.165, 1.54) is 24.8 Å². The lowest BCUT2D eigenvalue weighted by Crippen LogP contribution is -2.45. The molecule has 0 bridgehead atoms. The molecule has 112 valence electrons. The van der Waals surface area contributed by atoms with Gasteiger partial charge in [0.1, 0.15) is 5.75 Å². The molecule has 3 nitrogen and oxygen atoms in total. The largest absolute Gasteiger partial charge is 0.508 e. The maximum absolute atomic E-state index is 10.0. The molecule has 1 saturated heterocycles. The minimum Gasteiger partial charge on any atom is -0.508 e. The Balaban J connectivity index is 2.02. The van der Waals surface area contributed by atoms with Gasteiger partial charge in [-0.15, -0.1) is 0 Å². The van der Waals surface area contributed by atoms with Crippen molar-refractivity contribution in [1.82, 2.24) is 10.2 Å². The molecule has 1 aromatic carbocycles. The summed E-state index contributed by atoms with van der Waals surface area (Å²) >= 11 is 0. The Kier molecular flexibility index (Phi) is 5.44. The number of rotatable bonds is 5. The molecule has 1 atom stereocenters. The molecule has 1 fully saturated rings. The monoisotopic (exact) mass is 276 g/mol. The summed E-state index contributed by atoms with van der Waals surface area (Å²) < 4.78 is 0. The minimum absolute atomic E-state index is 0.415. The highest BCUT2D eigenvalue weighted by atomic mass is 16.3. The van der Waals surface area contributed by atoms with Gasteiger partial charge in [-0.1, -0.05) is 24.1 Å². The molecule has 0 spiro atoms. The molecule has 0 radical (unpaired) electrons. The summed E-state index contributed by atoms with van der Waals surface area (Å²) in [4.78, 5) is 2.46. The molecule has 0 amide bonds. The van der Waals surface area contributed by atoms with Gasteiger partial charge in [-0.05, 0) is 46.2 Å². The van der Waals surface area contributed by atoms with Crippen LogP contribution in [0.2, 0.25) is 0 Å². The predicted octanol–water partition coefficient (Wildman–Crippen LogP) is 3.05. The second-order valence-electron chi connectivity index (χ2n) is 6.30. The summed E-state index contributed by atoms with van der Waals surface area (Å²) in [7, 11) is 0. The first-order chi connectivity index (χ1) is 9.56. The molecule has 1 unspecified atom stereocenters. The lowest BCUT2D eigenvalue weighted by Gasteiger charge is -2.33. The van der Waals surface area contributed by atoms with Crippen molar-refractivity contribution in [3.8, 4) is 5.75 Å².